The van der Waals surface area contributed by atoms with Gasteiger partial charge in [0.2, 0.25) is 0 Å². The molecular formula is C14H13BrClN3O2. The van der Waals surface area contributed by atoms with E-state index >= 15 is 0 Å². The molecule has 0 aliphatic rings. The molecule has 5 nitrogen and oxygen atoms in total. The molecule has 1 amide bonds. The molecule has 0 spiro atoms. The molecule has 0 saturated carbocycles. The second-order valence-corrected chi connectivity index (χ2v) is 5.45. The van der Waals surface area contributed by atoms with Crippen LogP contribution in [0, 0.1) is 0 Å². The fourth-order valence-corrected chi connectivity index (χ4v) is 2.28. The van der Waals surface area contributed by atoms with E-state index in [0.717, 1.165) is 0 Å². The van der Waals surface area contributed by atoms with Gasteiger partial charge in [0, 0.05) is 22.7 Å². The number of aromatic nitrogens is 1. The van der Waals surface area contributed by atoms with Crippen molar-refractivity contribution in [2.24, 2.45) is 0 Å². The van der Waals surface area contributed by atoms with Gasteiger partial charge in [-0.05, 0) is 40.2 Å². The average Bonchev–Trinajstić information content (AvgIpc) is 2.47. The molecule has 0 unspecified atom stereocenters. The number of amides is 1. The first-order valence-corrected chi connectivity index (χ1v) is 7.20. The summed E-state index contributed by atoms with van der Waals surface area (Å²) in [7, 11) is 3.23. The fraction of sp³-hybridized carbons (Fsp3) is 0.143. The lowest BCUT2D eigenvalue weighted by Gasteiger charge is -2.12. The van der Waals surface area contributed by atoms with Gasteiger partial charge in [0.25, 0.3) is 5.91 Å². The molecule has 0 aliphatic heterocycles. The van der Waals surface area contributed by atoms with E-state index in [1.54, 1.807) is 37.5 Å². The number of anilines is 2. The summed E-state index contributed by atoms with van der Waals surface area (Å²) < 4.78 is 5.92. The number of hydrogen-bond acceptors (Lipinski definition) is 4. The van der Waals surface area contributed by atoms with Crippen molar-refractivity contribution in [3.63, 3.8) is 0 Å². The van der Waals surface area contributed by atoms with Gasteiger partial charge in [0.1, 0.15) is 11.6 Å². The third kappa shape index (κ3) is 3.65. The maximum atomic E-state index is 12.4. The molecule has 1 heterocycles. The van der Waals surface area contributed by atoms with Crippen molar-refractivity contribution in [2.75, 3.05) is 24.8 Å². The maximum Gasteiger partial charge on any atom is 0.259 e. The number of benzene rings is 1. The number of pyridine rings is 1. The Morgan fingerprint density at radius 2 is 2.14 bits per heavy atom. The highest BCUT2D eigenvalue weighted by atomic mass is 79.9. The Hall–Kier alpha value is -1.79. The summed E-state index contributed by atoms with van der Waals surface area (Å²) in [6.07, 6.45) is 1.61. The van der Waals surface area contributed by atoms with Gasteiger partial charge in [-0.3, -0.25) is 4.79 Å². The summed E-state index contributed by atoms with van der Waals surface area (Å²) in [5.74, 6) is 0.701. The van der Waals surface area contributed by atoms with E-state index in [4.69, 9.17) is 16.3 Å². The second-order valence-electron chi connectivity index (χ2n) is 4.10. The lowest BCUT2D eigenvalue weighted by Crippen LogP contribution is -2.15. The van der Waals surface area contributed by atoms with Gasteiger partial charge >= 0.3 is 0 Å². The molecule has 0 bridgehead atoms. The molecule has 1 aromatic carbocycles. The number of methoxy groups -OCH3 is 1. The van der Waals surface area contributed by atoms with Crippen LogP contribution in [0.5, 0.6) is 5.75 Å². The first-order chi connectivity index (χ1) is 10.0. The first kappa shape index (κ1) is 15.6. The predicted molar refractivity (Wildman–Crippen MR) is 87.4 cm³/mol. The van der Waals surface area contributed by atoms with Crippen molar-refractivity contribution in [1.82, 2.24) is 4.98 Å². The number of nitrogens with one attached hydrogen (secondary N) is 2. The molecule has 0 fully saturated rings. The van der Waals surface area contributed by atoms with Crippen LogP contribution in [-0.2, 0) is 0 Å². The molecule has 0 atom stereocenters. The molecule has 2 N–H and O–H groups in total. The van der Waals surface area contributed by atoms with Crippen LogP contribution in [0.1, 0.15) is 10.4 Å². The molecule has 21 heavy (non-hydrogen) atoms. The second kappa shape index (κ2) is 6.78. The molecule has 0 aliphatic carbocycles. The molecule has 0 radical (unpaired) electrons. The molecule has 110 valence electrons. The van der Waals surface area contributed by atoms with Crippen LogP contribution in [-0.4, -0.2) is 25.0 Å². The van der Waals surface area contributed by atoms with E-state index in [1.807, 2.05) is 0 Å². The van der Waals surface area contributed by atoms with Crippen molar-refractivity contribution >= 4 is 44.9 Å². The summed E-state index contributed by atoms with van der Waals surface area (Å²) in [6.45, 7) is 0. The van der Waals surface area contributed by atoms with Crippen LogP contribution in [0.3, 0.4) is 0 Å². The standard InChI is InChI=1S/C14H13BrClN3O2/c1-17-13-10(5-8(15)7-18-13)14(20)19-11-6-9(16)3-4-12(11)21-2/h3-7H,1-2H3,(H,17,18)(H,19,20). The fourth-order valence-electron chi connectivity index (χ4n) is 1.78. The number of nitrogens with zero attached hydrogens (tertiary/aromatic N) is 1. The van der Waals surface area contributed by atoms with Gasteiger partial charge in [-0.1, -0.05) is 11.6 Å². The minimum absolute atomic E-state index is 0.311. The van der Waals surface area contributed by atoms with E-state index < -0.39 is 0 Å². The highest BCUT2D eigenvalue weighted by Gasteiger charge is 2.15. The minimum atomic E-state index is -0.311. The van der Waals surface area contributed by atoms with E-state index in [2.05, 4.69) is 31.5 Å². The van der Waals surface area contributed by atoms with E-state index in [1.165, 1.54) is 7.11 Å². The Labute approximate surface area is 135 Å². The Balaban J connectivity index is 2.34. The van der Waals surface area contributed by atoms with Crippen LogP contribution < -0.4 is 15.4 Å². The average molecular weight is 371 g/mol. The Kier molecular flexibility index (Phi) is 5.03. The summed E-state index contributed by atoms with van der Waals surface area (Å²) in [6, 6.07) is 6.69. The number of rotatable bonds is 4. The minimum Gasteiger partial charge on any atom is -0.495 e. The lowest BCUT2D eigenvalue weighted by atomic mass is 10.2. The number of halogens is 2. The predicted octanol–water partition coefficient (Wildman–Crippen LogP) is 3.80. The van der Waals surface area contributed by atoms with Gasteiger partial charge in [0.15, 0.2) is 0 Å². The monoisotopic (exact) mass is 369 g/mol. The first-order valence-electron chi connectivity index (χ1n) is 6.03. The molecule has 7 heteroatoms. The molecule has 0 saturated heterocycles. The smallest absolute Gasteiger partial charge is 0.259 e. The zero-order valence-corrected chi connectivity index (χ0v) is 13.7. The highest BCUT2D eigenvalue weighted by Crippen LogP contribution is 2.29. The Bertz CT molecular complexity index is 679. The Morgan fingerprint density at radius 1 is 1.38 bits per heavy atom. The van der Waals surface area contributed by atoms with Crippen LogP contribution in [0.4, 0.5) is 11.5 Å². The van der Waals surface area contributed by atoms with Crippen LogP contribution in [0.25, 0.3) is 0 Å². The van der Waals surface area contributed by atoms with Gasteiger partial charge in [-0.25, -0.2) is 4.98 Å². The van der Waals surface area contributed by atoms with Gasteiger partial charge < -0.3 is 15.4 Å². The summed E-state index contributed by atoms with van der Waals surface area (Å²) in [5.41, 5.74) is 0.908. The zero-order chi connectivity index (χ0) is 15.4. The summed E-state index contributed by atoms with van der Waals surface area (Å²) in [4.78, 5) is 16.6. The topological polar surface area (TPSA) is 63.2 Å². The quantitative estimate of drug-likeness (QED) is 0.859. The van der Waals surface area contributed by atoms with E-state index in [9.17, 15) is 4.79 Å². The Morgan fingerprint density at radius 3 is 2.81 bits per heavy atom. The van der Waals surface area contributed by atoms with Crippen molar-refractivity contribution < 1.29 is 9.53 Å². The summed E-state index contributed by atoms with van der Waals surface area (Å²) >= 11 is 9.25. The molecule has 1 aromatic heterocycles. The van der Waals surface area contributed by atoms with Crippen molar-refractivity contribution in [3.8, 4) is 5.75 Å². The molecular weight excluding hydrogens is 358 g/mol. The van der Waals surface area contributed by atoms with Gasteiger partial charge in [0.05, 0.1) is 18.4 Å². The number of carbonyl (C=O) groups is 1. The molecule has 2 aromatic rings. The number of hydrogen-bond donors (Lipinski definition) is 2. The van der Waals surface area contributed by atoms with E-state index in [0.29, 0.717) is 32.3 Å². The highest BCUT2D eigenvalue weighted by molar-refractivity contribution is 9.10. The van der Waals surface area contributed by atoms with Crippen molar-refractivity contribution in [1.29, 1.82) is 0 Å². The maximum absolute atomic E-state index is 12.4. The van der Waals surface area contributed by atoms with Gasteiger partial charge in [-0.2, -0.15) is 0 Å². The van der Waals surface area contributed by atoms with Crippen LogP contribution in [0.15, 0.2) is 34.9 Å². The number of carbonyl (C=O) groups excluding carboxylic acids is 1. The SMILES string of the molecule is CNc1ncc(Br)cc1C(=O)Nc1cc(Cl)ccc1OC. The van der Waals surface area contributed by atoms with E-state index in [-0.39, 0.29) is 5.91 Å². The van der Waals surface area contributed by atoms with Crippen LogP contribution in [0.2, 0.25) is 5.02 Å². The van der Waals surface area contributed by atoms with Crippen molar-refractivity contribution in [3.05, 3.63) is 45.5 Å². The van der Waals surface area contributed by atoms with Crippen molar-refractivity contribution in [2.45, 2.75) is 0 Å². The number of ether oxygens (including phenoxy) is 1. The van der Waals surface area contributed by atoms with Gasteiger partial charge in [-0.15, -0.1) is 0 Å². The third-order valence-corrected chi connectivity index (χ3v) is 3.41. The third-order valence-electron chi connectivity index (χ3n) is 2.75. The largest absolute Gasteiger partial charge is 0.495 e. The normalized spacial score (nSPS) is 10.1. The lowest BCUT2D eigenvalue weighted by molar-refractivity contribution is 0.102. The summed E-state index contributed by atoms with van der Waals surface area (Å²) in [5, 5.41) is 6.16. The molecule has 2 rings (SSSR count). The zero-order valence-electron chi connectivity index (χ0n) is 11.4. The van der Waals surface area contributed by atoms with Crippen LogP contribution >= 0.6 is 27.5 Å².